The van der Waals surface area contributed by atoms with Crippen molar-refractivity contribution in [1.82, 2.24) is 0 Å². The first kappa shape index (κ1) is 9.38. The largest absolute Gasteiger partial charge is 0.481 e. The molecule has 1 saturated carbocycles. The minimum Gasteiger partial charge on any atom is -0.481 e. The number of alkyl halides is 2. The Morgan fingerprint density at radius 3 is 2.42 bits per heavy atom. The molecule has 0 aromatic carbocycles. The van der Waals surface area contributed by atoms with Gasteiger partial charge in [0.05, 0.1) is 12.0 Å². The van der Waals surface area contributed by atoms with Crippen LogP contribution in [0.2, 0.25) is 0 Å². The van der Waals surface area contributed by atoms with Gasteiger partial charge in [-0.3, -0.25) is 4.79 Å². The van der Waals surface area contributed by atoms with E-state index in [2.05, 4.69) is 4.74 Å². The van der Waals surface area contributed by atoms with Gasteiger partial charge in [-0.25, -0.2) is 0 Å². The Kier molecular flexibility index (Phi) is 2.32. The van der Waals surface area contributed by atoms with Crippen LogP contribution in [-0.4, -0.2) is 23.3 Å². The van der Waals surface area contributed by atoms with E-state index in [1.165, 1.54) is 0 Å². The quantitative estimate of drug-likeness (QED) is 0.715. The van der Waals surface area contributed by atoms with E-state index in [1.807, 2.05) is 0 Å². The molecule has 0 aliphatic heterocycles. The maximum Gasteiger partial charge on any atom is 0.353 e. The lowest BCUT2D eigenvalue weighted by Gasteiger charge is -2.33. The minimum absolute atomic E-state index is 0.193. The summed E-state index contributed by atoms with van der Waals surface area (Å²) in [6.07, 6.45) is -3.35. The van der Waals surface area contributed by atoms with Gasteiger partial charge >= 0.3 is 12.1 Å². The van der Waals surface area contributed by atoms with Crippen LogP contribution in [0.4, 0.5) is 8.78 Å². The van der Waals surface area contributed by atoms with Crippen LogP contribution < -0.4 is 0 Å². The molecule has 1 N–H and O–H groups in total. The molecule has 0 radical (unpaired) electrons. The summed E-state index contributed by atoms with van der Waals surface area (Å²) in [4.78, 5) is 10.2. The SMILES string of the molecule is CC(F)(F)OC1CC(C(=O)O)C1. The molecule has 0 spiro atoms. The van der Waals surface area contributed by atoms with E-state index in [0.29, 0.717) is 6.92 Å². The van der Waals surface area contributed by atoms with Gasteiger partial charge in [-0.15, -0.1) is 0 Å². The third kappa shape index (κ3) is 2.41. The summed E-state index contributed by atoms with van der Waals surface area (Å²) < 4.78 is 28.6. The summed E-state index contributed by atoms with van der Waals surface area (Å²) in [7, 11) is 0. The van der Waals surface area contributed by atoms with Crippen molar-refractivity contribution in [3.8, 4) is 0 Å². The number of hydrogen-bond donors (Lipinski definition) is 1. The fourth-order valence-electron chi connectivity index (χ4n) is 1.16. The number of rotatable bonds is 3. The fraction of sp³-hybridized carbons (Fsp3) is 0.857. The molecule has 0 heterocycles. The molecule has 3 nitrogen and oxygen atoms in total. The van der Waals surface area contributed by atoms with Gasteiger partial charge < -0.3 is 9.84 Å². The van der Waals surface area contributed by atoms with Crippen LogP contribution in [0.5, 0.6) is 0 Å². The van der Waals surface area contributed by atoms with Crippen molar-refractivity contribution in [2.24, 2.45) is 5.92 Å². The van der Waals surface area contributed by atoms with Crippen LogP contribution in [-0.2, 0) is 9.53 Å². The van der Waals surface area contributed by atoms with Crippen molar-refractivity contribution in [3.05, 3.63) is 0 Å². The van der Waals surface area contributed by atoms with Gasteiger partial charge in [0, 0.05) is 6.92 Å². The molecule has 0 bridgehead atoms. The molecular weight excluding hydrogens is 170 g/mol. The second kappa shape index (κ2) is 2.97. The van der Waals surface area contributed by atoms with Crippen molar-refractivity contribution < 1.29 is 23.4 Å². The number of carboxylic acid groups (broad SMARTS) is 1. The monoisotopic (exact) mass is 180 g/mol. The highest BCUT2D eigenvalue weighted by Gasteiger charge is 2.39. The topological polar surface area (TPSA) is 46.5 Å². The number of hydrogen-bond acceptors (Lipinski definition) is 2. The zero-order chi connectivity index (χ0) is 9.35. The molecule has 0 aromatic heterocycles. The van der Waals surface area contributed by atoms with E-state index in [0.717, 1.165) is 0 Å². The van der Waals surface area contributed by atoms with E-state index in [1.54, 1.807) is 0 Å². The first-order chi connectivity index (χ1) is 5.38. The van der Waals surface area contributed by atoms with Crippen molar-refractivity contribution in [2.75, 3.05) is 0 Å². The van der Waals surface area contributed by atoms with Crippen LogP contribution in [0.1, 0.15) is 19.8 Å². The fourth-order valence-corrected chi connectivity index (χ4v) is 1.16. The average molecular weight is 180 g/mol. The summed E-state index contributed by atoms with van der Waals surface area (Å²) in [5.41, 5.74) is 0. The standard InChI is InChI=1S/C7H10F2O3/c1-7(8,9)12-5-2-4(3-5)6(10)11/h4-5H,2-3H2,1H3,(H,10,11). The second-order valence-electron chi connectivity index (χ2n) is 3.05. The van der Waals surface area contributed by atoms with Crippen LogP contribution >= 0.6 is 0 Å². The van der Waals surface area contributed by atoms with E-state index in [4.69, 9.17) is 5.11 Å². The Balaban J connectivity index is 2.22. The van der Waals surface area contributed by atoms with Crippen molar-refractivity contribution >= 4 is 5.97 Å². The lowest BCUT2D eigenvalue weighted by molar-refractivity contribution is -0.268. The highest BCUT2D eigenvalue weighted by atomic mass is 19.3. The van der Waals surface area contributed by atoms with E-state index < -0.39 is 24.1 Å². The number of carbonyl (C=O) groups is 1. The van der Waals surface area contributed by atoms with Gasteiger partial charge in [-0.05, 0) is 12.8 Å². The van der Waals surface area contributed by atoms with Gasteiger partial charge in [0.25, 0.3) is 0 Å². The third-order valence-electron chi connectivity index (χ3n) is 1.82. The van der Waals surface area contributed by atoms with Crippen LogP contribution in [0.25, 0.3) is 0 Å². The minimum atomic E-state index is -3.14. The third-order valence-corrected chi connectivity index (χ3v) is 1.82. The predicted octanol–water partition coefficient (Wildman–Crippen LogP) is 1.48. The van der Waals surface area contributed by atoms with Gasteiger partial charge in [0.2, 0.25) is 0 Å². The van der Waals surface area contributed by atoms with Crippen LogP contribution in [0.3, 0.4) is 0 Å². The molecule has 1 aliphatic carbocycles. The summed E-state index contributed by atoms with van der Waals surface area (Å²) in [5, 5.41) is 8.41. The lowest BCUT2D eigenvalue weighted by Crippen LogP contribution is -2.39. The molecule has 12 heavy (non-hydrogen) atoms. The molecule has 1 rings (SSSR count). The maximum atomic E-state index is 12.2. The van der Waals surface area contributed by atoms with E-state index in [-0.39, 0.29) is 12.8 Å². The zero-order valence-corrected chi connectivity index (χ0v) is 6.59. The Labute approximate surface area is 68.3 Å². The number of halogens is 2. The Morgan fingerprint density at radius 1 is 1.58 bits per heavy atom. The first-order valence-corrected chi connectivity index (χ1v) is 3.67. The van der Waals surface area contributed by atoms with E-state index >= 15 is 0 Å². The Morgan fingerprint density at radius 2 is 2.08 bits per heavy atom. The predicted molar refractivity (Wildman–Crippen MR) is 35.9 cm³/mol. The number of ether oxygens (including phenoxy) is 1. The van der Waals surface area contributed by atoms with Gasteiger partial charge in [0.1, 0.15) is 0 Å². The Hall–Kier alpha value is -0.710. The summed E-state index contributed by atoms with van der Waals surface area (Å²) in [5.74, 6) is -1.44. The molecule has 0 saturated heterocycles. The molecule has 0 amide bonds. The van der Waals surface area contributed by atoms with Crippen molar-refractivity contribution in [2.45, 2.75) is 32.0 Å². The van der Waals surface area contributed by atoms with Crippen LogP contribution in [0.15, 0.2) is 0 Å². The second-order valence-corrected chi connectivity index (χ2v) is 3.05. The number of aliphatic carboxylic acids is 1. The summed E-state index contributed by atoms with van der Waals surface area (Å²) >= 11 is 0. The smallest absolute Gasteiger partial charge is 0.353 e. The van der Waals surface area contributed by atoms with Gasteiger partial charge in [0.15, 0.2) is 0 Å². The molecule has 5 heteroatoms. The molecule has 70 valence electrons. The highest BCUT2D eigenvalue weighted by molar-refractivity contribution is 5.71. The van der Waals surface area contributed by atoms with Gasteiger partial charge in [-0.1, -0.05) is 0 Å². The van der Waals surface area contributed by atoms with Crippen molar-refractivity contribution in [1.29, 1.82) is 0 Å². The van der Waals surface area contributed by atoms with Crippen LogP contribution in [0, 0.1) is 5.92 Å². The molecule has 0 unspecified atom stereocenters. The number of carboxylic acids is 1. The summed E-state index contributed by atoms with van der Waals surface area (Å²) in [6.45, 7) is 0.654. The van der Waals surface area contributed by atoms with Crippen molar-refractivity contribution in [3.63, 3.8) is 0 Å². The van der Waals surface area contributed by atoms with Gasteiger partial charge in [-0.2, -0.15) is 8.78 Å². The average Bonchev–Trinajstić information content (AvgIpc) is 1.74. The Bertz CT molecular complexity index is 182. The normalized spacial score (nSPS) is 29.6. The summed E-state index contributed by atoms with van der Waals surface area (Å²) in [6, 6.07) is 0. The highest BCUT2D eigenvalue weighted by Crippen LogP contribution is 2.33. The molecular formula is C7H10F2O3. The molecule has 0 aromatic rings. The molecule has 1 aliphatic rings. The molecule has 0 atom stereocenters. The van der Waals surface area contributed by atoms with E-state index in [9.17, 15) is 13.6 Å². The maximum absolute atomic E-state index is 12.2. The lowest BCUT2D eigenvalue weighted by atomic mass is 9.82. The molecule has 1 fully saturated rings. The first-order valence-electron chi connectivity index (χ1n) is 3.67. The zero-order valence-electron chi connectivity index (χ0n) is 6.59.